The van der Waals surface area contributed by atoms with Gasteiger partial charge in [0.25, 0.3) is 0 Å². The molecule has 0 bridgehead atoms. The van der Waals surface area contributed by atoms with E-state index in [4.69, 9.17) is 11.6 Å². The number of ketones is 1. The number of Topliss-reactive ketones (excluding diaryl/α,β-unsaturated/α-hetero) is 1. The molecule has 1 saturated carbocycles. The van der Waals surface area contributed by atoms with E-state index in [-0.39, 0.29) is 10.8 Å². The SMILES string of the molecule is CNc1cnc(Cl)nc1NC1(C)CCC(=O)CC1. The molecule has 0 saturated heterocycles. The Kier molecular flexibility index (Phi) is 3.71. The van der Waals surface area contributed by atoms with Crippen LogP contribution in [-0.4, -0.2) is 28.3 Å². The summed E-state index contributed by atoms with van der Waals surface area (Å²) in [5, 5.41) is 6.63. The Morgan fingerprint density at radius 1 is 1.39 bits per heavy atom. The summed E-state index contributed by atoms with van der Waals surface area (Å²) in [5.74, 6) is 1.03. The number of carbonyl (C=O) groups excluding carboxylic acids is 1. The molecule has 1 aliphatic rings. The number of carbonyl (C=O) groups is 1. The van der Waals surface area contributed by atoms with Crippen LogP contribution < -0.4 is 10.6 Å². The van der Waals surface area contributed by atoms with Gasteiger partial charge in [0.05, 0.1) is 11.9 Å². The summed E-state index contributed by atoms with van der Waals surface area (Å²) in [6.45, 7) is 2.11. The topological polar surface area (TPSA) is 66.9 Å². The zero-order chi connectivity index (χ0) is 13.2. The van der Waals surface area contributed by atoms with E-state index >= 15 is 0 Å². The maximum Gasteiger partial charge on any atom is 0.224 e. The lowest BCUT2D eigenvalue weighted by Gasteiger charge is -2.34. The van der Waals surface area contributed by atoms with Crippen LogP contribution in [0.5, 0.6) is 0 Å². The Bertz CT molecular complexity index is 453. The van der Waals surface area contributed by atoms with Gasteiger partial charge in [0.2, 0.25) is 5.28 Å². The quantitative estimate of drug-likeness (QED) is 0.825. The van der Waals surface area contributed by atoms with Crippen molar-refractivity contribution in [3.05, 3.63) is 11.5 Å². The van der Waals surface area contributed by atoms with Gasteiger partial charge in [0.1, 0.15) is 5.78 Å². The van der Waals surface area contributed by atoms with E-state index in [0.29, 0.717) is 24.4 Å². The Morgan fingerprint density at radius 2 is 2.06 bits per heavy atom. The molecule has 1 heterocycles. The number of nitrogens with zero attached hydrogens (tertiary/aromatic N) is 2. The fourth-order valence-corrected chi connectivity index (χ4v) is 2.26. The van der Waals surface area contributed by atoms with Crippen LogP contribution in [0.4, 0.5) is 11.5 Å². The molecule has 18 heavy (non-hydrogen) atoms. The second-order valence-electron chi connectivity index (χ2n) is 4.88. The summed E-state index contributed by atoms with van der Waals surface area (Å²) in [4.78, 5) is 19.4. The highest BCUT2D eigenvalue weighted by Crippen LogP contribution is 2.31. The first-order chi connectivity index (χ1) is 8.52. The molecule has 1 aliphatic carbocycles. The lowest BCUT2D eigenvalue weighted by atomic mass is 9.82. The van der Waals surface area contributed by atoms with Crippen molar-refractivity contribution in [2.75, 3.05) is 17.7 Å². The number of aromatic nitrogens is 2. The number of halogens is 1. The van der Waals surface area contributed by atoms with Gasteiger partial charge in [-0.1, -0.05) is 0 Å². The molecule has 2 N–H and O–H groups in total. The number of anilines is 2. The van der Waals surface area contributed by atoms with E-state index in [0.717, 1.165) is 18.5 Å². The van der Waals surface area contributed by atoms with E-state index < -0.39 is 0 Å². The van der Waals surface area contributed by atoms with Crippen molar-refractivity contribution >= 4 is 28.9 Å². The van der Waals surface area contributed by atoms with Crippen molar-refractivity contribution < 1.29 is 4.79 Å². The molecule has 1 fully saturated rings. The van der Waals surface area contributed by atoms with Crippen molar-refractivity contribution in [2.45, 2.75) is 38.1 Å². The Labute approximate surface area is 111 Å². The van der Waals surface area contributed by atoms with Gasteiger partial charge in [-0.25, -0.2) is 4.98 Å². The molecular formula is C12H17ClN4O. The zero-order valence-corrected chi connectivity index (χ0v) is 11.3. The Morgan fingerprint density at radius 3 is 2.67 bits per heavy atom. The number of hydrogen-bond donors (Lipinski definition) is 2. The van der Waals surface area contributed by atoms with Crippen LogP contribution in [0.2, 0.25) is 5.28 Å². The van der Waals surface area contributed by atoms with Crippen molar-refractivity contribution in [2.24, 2.45) is 0 Å². The molecule has 98 valence electrons. The molecule has 2 rings (SSSR count). The van der Waals surface area contributed by atoms with Gasteiger partial charge >= 0.3 is 0 Å². The summed E-state index contributed by atoms with van der Waals surface area (Å²) >= 11 is 5.82. The lowest BCUT2D eigenvalue weighted by Crippen LogP contribution is -2.39. The number of nitrogens with one attached hydrogen (secondary N) is 2. The van der Waals surface area contributed by atoms with Crippen molar-refractivity contribution in [1.29, 1.82) is 0 Å². The van der Waals surface area contributed by atoms with Crippen molar-refractivity contribution in [3.8, 4) is 0 Å². The zero-order valence-electron chi connectivity index (χ0n) is 10.6. The molecule has 5 nitrogen and oxygen atoms in total. The summed E-state index contributed by atoms with van der Waals surface area (Å²) in [5.41, 5.74) is 0.689. The van der Waals surface area contributed by atoms with Gasteiger partial charge in [-0.3, -0.25) is 4.79 Å². The minimum atomic E-state index is -0.114. The molecule has 0 aromatic carbocycles. The normalized spacial score (nSPS) is 18.5. The highest BCUT2D eigenvalue weighted by Gasteiger charge is 2.30. The highest BCUT2D eigenvalue weighted by molar-refractivity contribution is 6.28. The third-order valence-corrected chi connectivity index (χ3v) is 3.54. The van der Waals surface area contributed by atoms with E-state index in [1.807, 2.05) is 7.05 Å². The molecule has 0 amide bonds. The first-order valence-corrected chi connectivity index (χ1v) is 6.40. The monoisotopic (exact) mass is 268 g/mol. The van der Waals surface area contributed by atoms with E-state index in [1.54, 1.807) is 6.20 Å². The van der Waals surface area contributed by atoms with Gasteiger partial charge < -0.3 is 10.6 Å². The smallest absolute Gasteiger partial charge is 0.224 e. The van der Waals surface area contributed by atoms with E-state index in [2.05, 4.69) is 27.5 Å². The van der Waals surface area contributed by atoms with Crippen LogP contribution in [-0.2, 0) is 4.79 Å². The molecule has 1 aromatic heterocycles. The van der Waals surface area contributed by atoms with E-state index in [9.17, 15) is 4.79 Å². The first-order valence-electron chi connectivity index (χ1n) is 6.03. The van der Waals surface area contributed by atoms with E-state index in [1.165, 1.54) is 0 Å². The molecular weight excluding hydrogens is 252 g/mol. The molecule has 0 radical (unpaired) electrons. The average Bonchev–Trinajstić information content (AvgIpc) is 2.34. The molecule has 0 unspecified atom stereocenters. The standard InChI is InChI=1S/C12H17ClN4O/c1-12(5-3-8(18)4-6-12)17-10-9(14-2)7-15-11(13)16-10/h7,14H,3-6H2,1-2H3,(H,15,16,17). The minimum Gasteiger partial charge on any atom is -0.384 e. The molecule has 0 aliphatic heterocycles. The first kappa shape index (κ1) is 13.1. The van der Waals surface area contributed by atoms with Gasteiger partial charge in [0, 0.05) is 25.4 Å². The van der Waals surface area contributed by atoms with Crippen LogP contribution in [0.25, 0.3) is 0 Å². The van der Waals surface area contributed by atoms with Crippen LogP contribution in [0.3, 0.4) is 0 Å². The largest absolute Gasteiger partial charge is 0.384 e. The van der Waals surface area contributed by atoms with Crippen molar-refractivity contribution in [1.82, 2.24) is 9.97 Å². The second kappa shape index (κ2) is 5.10. The summed E-state index contributed by atoms with van der Waals surface area (Å²) in [6.07, 6.45) is 4.52. The number of rotatable bonds is 3. The third kappa shape index (κ3) is 2.90. The maximum absolute atomic E-state index is 11.3. The predicted octanol–water partition coefficient (Wildman–Crippen LogP) is 2.49. The summed E-state index contributed by atoms with van der Waals surface area (Å²) in [7, 11) is 1.81. The van der Waals surface area contributed by atoms with Crippen LogP contribution in [0.15, 0.2) is 6.20 Å². The van der Waals surface area contributed by atoms with Crippen molar-refractivity contribution in [3.63, 3.8) is 0 Å². The number of hydrogen-bond acceptors (Lipinski definition) is 5. The summed E-state index contributed by atoms with van der Waals surface area (Å²) < 4.78 is 0. The molecule has 6 heteroatoms. The Balaban J connectivity index is 2.17. The van der Waals surface area contributed by atoms with Crippen LogP contribution in [0.1, 0.15) is 32.6 Å². The van der Waals surface area contributed by atoms with Crippen LogP contribution in [0, 0.1) is 0 Å². The molecule has 0 atom stereocenters. The maximum atomic E-state index is 11.3. The fraction of sp³-hybridized carbons (Fsp3) is 0.583. The molecule has 1 aromatic rings. The van der Waals surface area contributed by atoms with Gasteiger partial charge in [0.15, 0.2) is 5.82 Å². The lowest BCUT2D eigenvalue weighted by molar-refractivity contribution is -0.121. The highest BCUT2D eigenvalue weighted by atomic mass is 35.5. The van der Waals surface area contributed by atoms with Gasteiger partial charge in [-0.15, -0.1) is 0 Å². The average molecular weight is 269 g/mol. The van der Waals surface area contributed by atoms with Gasteiger partial charge in [-0.2, -0.15) is 4.98 Å². The molecule has 0 spiro atoms. The summed E-state index contributed by atoms with van der Waals surface area (Å²) in [6, 6.07) is 0. The Hall–Kier alpha value is -1.36. The second-order valence-corrected chi connectivity index (χ2v) is 5.21. The van der Waals surface area contributed by atoms with Gasteiger partial charge in [-0.05, 0) is 31.4 Å². The fourth-order valence-electron chi connectivity index (χ4n) is 2.13. The predicted molar refractivity (Wildman–Crippen MR) is 72.1 cm³/mol. The van der Waals surface area contributed by atoms with Crippen LogP contribution >= 0.6 is 11.6 Å². The minimum absolute atomic E-state index is 0.114. The third-order valence-electron chi connectivity index (χ3n) is 3.36.